The van der Waals surface area contributed by atoms with Gasteiger partial charge in [-0.05, 0) is 44.0 Å². The summed E-state index contributed by atoms with van der Waals surface area (Å²) in [4.78, 5) is 16.3. The van der Waals surface area contributed by atoms with Crippen molar-refractivity contribution in [3.05, 3.63) is 54.6 Å². The zero-order chi connectivity index (χ0) is 17.9. The van der Waals surface area contributed by atoms with E-state index in [-0.39, 0.29) is 6.09 Å². The molecule has 0 spiro atoms. The highest BCUT2D eigenvalue weighted by Crippen LogP contribution is 2.25. The molecule has 2 aromatic rings. The number of carbonyl (C=O) groups excluding carboxylic acids is 1. The molecular formula is C21H26N2O2. The molecule has 4 nitrogen and oxygen atoms in total. The number of carbonyl (C=O) groups is 1. The van der Waals surface area contributed by atoms with E-state index in [0.29, 0.717) is 13.1 Å². The number of anilines is 1. The molecule has 1 saturated heterocycles. The van der Waals surface area contributed by atoms with E-state index in [1.54, 1.807) is 4.90 Å². The van der Waals surface area contributed by atoms with Gasteiger partial charge in [-0.15, -0.1) is 0 Å². The van der Waals surface area contributed by atoms with E-state index >= 15 is 0 Å². The summed E-state index contributed by atoms with van der Waals surface area (Å²) in [6.07, 6.45) is -0.217. The summed E-state index contributed by atoms with van der Waals surface area (Å²) in [5.74, 6) is 0. The molecule has 4 heteroatoms. The Morgan fingerprint density at radius 2 is 1.52 bits per heavy atom. The Morgan fingerprint density at radius 3 is 2.16 bits per heavy atom. The molecule has 0 bridgehead atoms. The molecule has 132 valence electrons. The first-order chi connectivity index (χ1) is 11.9. The van der Waals surface area contributed by atoms with Gasteiger partial charge in [0, 0.05) is 31.9 Å². The predicted octanol–water partition coefficient (Wildman–Crippen LogP) is 4.41. The number of piperazine rings is 1. The van der Waals surface area contributed by atoms with Gasteiger partial charge in [0.25, 0.3) is 0 Å². The largest absolute Gasteiger partial charge is 0.444 e. The summed E-state index contributed by atoms with van der Waals surface area (Å²) in [6, 6.07) is 19.0. The van der Waals surface area contributed by atoms with Crippen molar-refractivity contribution in [1.29, 1.82) is 0 Å². The molecule has 1 heterocycles. The smallest absolute Gasteiger partial charge is 0.410 e. The minimum Gasteiger partial charge on any atom is -0.444 e. The van der Waals surface area contributed by atoms with Crippen LogP contribution in [-0.2, 0) is 4.74 Å². The lowest BCUT2D eigenvalue weighted by Gasteiger charge is -2.36. The molecule has 2 aromatic carbocycles. The second kappa shape index (κ2) is 7.18. The third-order valence-corrected chi connectivity index (χ3v) is 4.25. The fourth-order valence-electron chi connectivity index (χ4n) is 2.99. The average molecular weight is 338 g/mol. The van der Waals surface area contributed by atoms with E-state index in [4.69, 9.17) is 4.74 Å². The van der Waals surface area contributed by atoms with Crippen LogP contribution in [0, 0.1) is 0 Å². The third kappa shape index (κ3) is 4.53. The molecule has 0 saturated carbocycles. The van der Waals surface area contributed by atoms with E-state index in [1.165, 1.54) is 16.8 Å². The van der Waals surface area contributed by atoms with Gasteiger partial charge in [-0.2, -0.15) is 0 Å². The van der Waals surface area contributed by atoms with Crippen LogP contribution in [0.1, 0.15) is 20.8 Å². The molecule has 0 N–H and O–H groups in total. The Labute approximate surface area is 150 Å². The van der Waals surface area contributed by atoms with Gasteiger partial charge in [0.2, 0.25) is 0 Å². The van der Waals surface area contributed by atoms with Gasteiger partial charge in [-0.1, -0.05) is 42.5 Å². The molecule has 1 amide bonds. The van der Waals surface area contributed by atoms with E-state index < -0.39 is 5.60 Å². The van der Waals surface area contributed by atoms with Gasteiger partial charge < -0.3 is 14.5 Å². The van der Waals surface area contributed by atoms with E-state index in [2.05, 4.69) is 53.4 Å². The van der Waals surface area contributed by atoms with Crippen molar-refractivity contribution in [1.82, 2.24) is 4.90 Å². The average Bonchev–Trinajstić information content (AvgIpc) is 2.61. The molecule has 3 rings (SSSR count). The summed E-state index contributed by atoms with van der Waals surface area (Å²) >= 11 is 0. The molecule has 0 unspecified atom stereocenters. The number of ether oxygens (including phenoxy) is 1. The van der Waals surface area contributed by atoms with Gasteiger partial charge in [0.05, 0.1) is 0 Å². The van der Waals surface area contributed by atoms with Crippen LogP contribution in [0.25, 0.3) is 11.1 Å². The van der Waals surface area contributed by atoms with Crippen LogP contribution in [0.3, 0.4) is 0 Å². The highest BCUT2D eigenvalue weighted by molar-refractivity contribution is 5.70. The Balaban J connectivity index is 1.65. The Bertz CT molecular complexity index is 714. The molecule has 1 aliphatic rings. The van der Waals surface area contributed by atoms with E-state index in [1.807, 2.05) is 26.8 Å². The normalized spacial score (nSPS) is 15.2. The van der Waals surface area contributed by atoms with Crippen LogP contribution in [0.5, 0.6) is 0 Å². The van der Waals surface area contributed by atoms with Crippen molar-refractivity contribution in [2.75, 3.05) is 31.1 Å². The second-order valence-corrected chi connectivity index (χ2v) is 7.37. The van der Waals surface area contributed by atoms with Crippen LogP contribution in [0.15, 0.2) is 54.6 Å². The number of amides is 1. The van der Waals surface area contributed by atoms with Crippen molar-refractivity contribution >= 4 is 11.8 Å². The maximum absolute atomic E-state index is 12.2. The number of hydrogen-bond donors (Lipinski definition) is 0. The fraction of sp³-hybridized carbons (Fsp3) is 0.381. The van der Waals surface area contributed by atoms with Gasteiger partial charge in [0.1, 0.15) is 5.60 Å². The first-order valence-corrected chi connectivity index (χ1v) is 8.81. The molecule has 0 aliphatic carbocycles. The molecule has 0 radical (unpaired) electrons. The van der Waals surface area contributed by atoms with Crippen molar-refractivity contribution in [2.45, 2.75) is 26.4 Å². The quantitative estimate of drug-likeness (QED) is 0.813. The maximum atomic E-state index is 12.2. The predicted molar refractivity (Wildman–Crippen MR) is 102 cm³/mol. The molecule has 0 atom stereocenters. The van der Waals surface area contributed by atoms with Crippen LogP contribution in [0.4, 0.5) is 10.5 Å². The summed E-state index contributed by atoms with van der Waals surface area (Å²) in [5, 5.41) is 0. The molecule has 25 heavy (non-hydrogen) atoms. The van der Waals surface area contributed by atoms with Gasteiger partial charge in [-0.25, -0.2) is 4.79 Å². The Hall–Kier alpha value is -2.49. The van der Waals surface area contributed by atoms with Crippen molar-refractivity contribution in [3.63, 3.8) is 0 Å². The third-order valence-electron chi connectivity index (χ3n) is 4.25. The highest BCUT2D eigenvalue weighted by Gasteiger charge is 2.25. The first-order valence-electron chi connectivity index (χ1n) is 8.81. The SMILES string of the molecule is CC(C)(C)OC(=O)N1CCN(c2cccc(-c3ccccc3)c2)CC1. The van der Waals surface area contributed by atoms with Gasteiger partial charge >= 0.3 is 6.09 Å². The lowest BCUT2D eigenvalue weighted by molar-refractivity contribution is 0.0240. The van der Waals surface area contributed by atoms with Crippen LogP contribution >= 0.6 is 0 Å². The zero-order valence-electron chi connectivity index (χ0n) is 15.2. The lowest BCUT2D eigenvalue weighted by atomic mass is 10.0. The highest BCUT2D eigenvalue weighted by atomic mass is 16.6. The minimum atomic E-state index is -0.446. The summed E-state index contributed by atoms with van der Waals surface area (Å²) in [5.41, 5.74) is 3.19. The Morgan fingerprint density at radius 1 is 0.880 bits per heavy atom. The topological polar surface area (TPSA) is 32.8 Å². The van der Waals surface area contributed by atoms with Crippen LogP contribution in [-0.4, -0.2) is 42.8 Å². The van der Waals surface area contributed by atoms with E-state index in [0.717, 1.165) is 13.1 Å². The van der Waals surface area contributed by atoms with E-state index in [9.17, 15) is 4.79 Å². The molecule has 1 fully saturated rings. The number of hydrogen-bond acceptors (Lipinski definition) is 3. The molecule has 1 aliphatic heterocycles. The number of nitrogens with zero attached hydrogens (tertiary/aromatic N) is 2. The fourth-order valence-corrected chi connectivity index (χ4v) is 2.99. The maximum Gasteiger partial charge on any atom is 0.410 e. The first kappa shape index (κ1) is 17.3. The lowest BCUT2D eigenvalue weighted by Crippen LogP contribution is -2.50. The molecular weight excluding hydrogens is 312 g/mol. The summed E-state index contributed by atoms with van der Waals surface area (Å²) in [6.45, 7) is 8.70. The number of rotatable bonds is 2. The molecule has 0 aromatic heterocycles. The summed E-state index contributed by atoms with van der Waals surface area (Å²) < 4.78 is 5.46. The number of benzene rings is 2. The summed E-state index contributed by atoms with van der Waals surface area (Å²) in [7, 11) is 0. The minimum absolute atomic E-state index is 0.217. The standard InChI is InChI=1S/C21H26N2O2/c1-21(2,3)25-20(24)23-14-12-22(13-15-23)19-11-7-10-18(16-19)17-8-5-4-6-9-17/h4-11,16H,12-15H2,1-3H3. The van der Waals surface area contributed by atoms with Crippen molar-refractivity contribution < 1.29 is 9.53 Å². The Kier molecular flexibility index (Phi) is 4.98. The van der Waals surface area contributed by atoms with Crippen molar-refractivity contribution in [2.24, 2.45) is 0 Å². The van der Waals surface area contributed by atoms with Gasteiger partial charge in [0.15, 0.2) is 0 Å². The van der Waals surface area contributed by atoms with Crippen LogP contribution in [0.2, 0.25) is 0 Å². The van der Waals surface area contributed by atoms with Crippen LogP contribution < -0.4 is 4.90 Å². The van der Waals surface area contributed by atoms with Gasteiger partial charge in [-0.3, -0.25) is 0 Å². The zero-order valence-corrected chi connectivity index (χ0v) is 15.2. The monoisotopic (exact) mass is 338 g/mol. The van der Waals surface area contributed by atoms with Crippen molar-refractivity contribution in [3.8, 4) is 11.1 Å². The second-order valence-electron chi connectivity index (χ2n) is 7.37.